The average Bonchev–Trinajstić information content (AvgIpc) is 3.08. The van der Waals surface area contributed by atoms with Crippen molar-refractivity contribution in [3.05, 3.63) is 18.2 Å². The molecule has 0 saturated carbocycles. The molecule has 0 aliphatic carbocycles. The third-order valence-corrected chi connectivity index (χ3v) is 6.86. The Hall–Kier alpha value is -2.24. The summed E-state index contributed by atoms with van der Waals surface area (Å²) in [4.78, 5) is 20.9. The SMILES string of the molecule is CCN(CC)S(=O)(=O)c1ccc2nnn(OCC(=O)N3CC(C)OC(C)C3)c2c1. The smallest absolute Gasteiger partial charge is 0.263 e. The Labute approximate surface area is 170 Å². The molecule has 11 heteroatoms. The number of nitrogens with zero attached hydrogens (tertiary/aromatic N) is 5. The van der Waals surface area contributed by atoms with Crippen molar-refractivity contribution >= 4 is 27.0 Å². The molecule has 1 aliphatic heterocycles. The molecule has 0 bridgehead atoms. The van der Waals surface area contributed by atoms with Gasteiger partial charge in [0.1, 0.15) is 11.0 Å². The molecule has 0 radical (unpaired) electrons. The third-order valence-electron chi connectivity index (χ3n) is 4.81. The number of ether oxygens (including phenoxy) is 1. The zero-order chi connectivity index (χ0) is 21.2. The van der Waals surface area contributed by atoms with E-state index in [0.717, 1.165) is 4.85 Å². The highest BCUT2D eigenvalue weighted by atomic mass is 32.2. The number of hydrogen-bond acceptors (Lipinski definition) is 7. The zero-order valence-electron chi connectivity index (χ0n) is 17.1. The Kier molecular flexibility index (Phi) is 6.39. The van der Waals surface area contributed by atoms with Crippen LogP contribution in [0.25, 0.3) is 11.0 Å². The molecule has 2 atom stereocenters. The van der Waals surface area contributed by atoms with E-state index < -0.39 is 10.0 Å². The topological polar surface area (TPSA) is 107 Å². The highest BCUT2D eigenvalue weighted by molar-refractivity contribution is 7.89. The van der Waals surface area contributed by atoms with Crippen molar-refractivity contribution < 1.29 is 22.8 Å². The summed E-state index contributed by atoms with van der Waals surface area (Å²) in [6.45, 7) is 8.91. The maximum atomic E-state index is 12.8. The van der Waals surface area contributed by atoms with Gasteiger partial charge >= 0.3 is 0 Å². The molecule has 160 valence electrons. The third kappa shape index (κ3) is 4.51. The number of carbonyl (C=O) groups is 1. The van der Waals surface area contributed by atoms with Gasteiger partial charge in [-0.2, -0.15) is 4.31 Å². The van der Waals surface area contributed by atoms with Crippen LogP contribution in [0.3, 0.4) is 0 Å². The standard InChI is InChI=1S/C18H27N5O5S/c1-5-22(6-2)29(25,26)15-7-8-16-17(9-15)23(20-19-16)27-12-18(24)21-10-13(3)28-14(4)11-21/h7-9,13-14H,5-6,10-12H2,1-4H3. The van der Waals surface area contributed by atoms with Gasteiger partial charge in [0, 0.05) is 26.2 Å². The lowest BCUT2D eigenvalue weighted by molar-refractivity contribution is -0.148. The Morgan fingerprint density at radius 1 is 1.24 bits per heavy atom. The van der Waals surface area contributed by atoms with Crippen LogP contribution in [0, 0.1) is 0 Å². The first-order valence-electron chi connectivity index (χ1n) is 9.68. The number of sulfonamides is 1. The lowest BCUT2D eigenvalue weighted by Crippen LogP contribution is -2.50. The van der Waals surface area contributed by atoms with Crippen LogP contribution in [0.4, 0.5) is 0 Å². The summed E-state index contributed by atoms with van der Waals surface area (Å²) in [5, 5.41) is 7.87. The minimum absolute atomic E-state index is 0.0391. The molecule has 1 fully saturated rings. The fraction of sp³-hybridized carbons (Fsp3) is 0.611. The van der Waals surface area contributed by atoms with E-state index in [-0.39, 0.29) is 29.6 Å². The predicted octanol–water partition coefficient (Wildman–Crippen LogP) is 0.526. The van der Waals surface area contributed by atoms with Crippen molar-refractivity contribution in [1.82, 2.24) is 24.4 Å². The summed E-state index contributed by atoms with van der Waals surface area (Å²) in [7, 11) is -3.63. The van der Waals surface area contributed by atoms with Gasteiger partial charge in [-0.15, -0.1) is 5.10 Å². The fourth-order valence-electron chi connectivity index (χ4n) is 3.44. The monoisotopic (exact) mass is 425 g/mol. The lowest BCUT2D eigenvalue weighted by Gasteiger charge is -2.35. The van der Waals surface area contributed by atoms with Crippen molar-refractivity contribution in [2.75, 3.05) is 32.8 Å². The first-order valence-corrected chi connectivity index (χ1v) is 11.1. The van der Waals surface area contributed by atoms with Gasteiger partial charge in [0.15, 0.2) is 6.61 Å². The number of morpholine rings is 1. The van der Waals surface area contributed by atoms with E-state index in [1.807, 2.05) is 13.8 Å². The average molecular weight is 426 g/mol. The molecule has 2 unspecified atom stereocenters. The van der Waals surface area contributed by atoms with Gasteiger partial charge in [0.2, 0.25) is 10.0 Å². The first kappa shape index (κ1) is 21.5. The van der Waals surface area contributed by atoms with Crippen molar-refractivity contribution in [3.8, 4) is 0 Å². The molecule has 2 heterocycles. The number of hydrogen-bond donors (Lipinski definition) is 0. The number of fused-ring (bicyclic) bond motifs is 1. The van der Waals surface area contributed by atoms with E-state index >= 15 is 0 Å². The molecule has 1 amide bonds. The molecule has 0 N–H and O–H groups in total. The van der Waals surface area contributed by atoms with Crippen LogP contribution in [0.5, 0.6) is 0 Å². The van der Waals surface area contributed by atoms with Crippen LogP contribution in [0.2, 0.25) is 0 Å². The molecule has 10 nitrogen and oxygen atoms in total. The van der Waals surface area contributed by atoms with Gasteiger partial charge in [-0.3, -0.25) is 4.79 Å². The summed E-state index contributed by atoms with van der Waals surface area (Å²) in [6.07, 6.45) is -0.0783. The van der Waals surface area contributed by atoms with Gasteiger partial charge in [-0.1, -0.05) is 18.7 Å². The molecule has 0 spiro atoms. The molecule has 1 aliphatic rings. The fourth-order valence-corrected chi connectivity index (χ4v) is 4.91. The molecular weight excluding hydrogens is 398 g/mol. The predicted molar refractivity (Wildman–Crippen MR) is 106 cm³/mol. The lowest BCUT2D eigenvalue weighted by atomic mass is 10.2. The number of carbonyl (C=O) groups excluding carboxylic acids is 1. The minimum Gasteiger partial charge on any atom is -0.385 e. The van der Waals surface area contributed by atoms with E-state index in [1.165, 1.54) is 16.4 Å². The Bertz CT molecular complexity index is 962. The molecule has 2 aromatic rings. The zero-order valence-corrected chi connectivity index (χ0v) is 17.9. The first-order chi connectivity index (χ1) is 13.8. The summed E-state index contributed by atoms with van der Waals surface area (Å²) < 4.78 is 32.5. The molecule has 29 heavy (non-hydrogen) atoms. The normalized spacial score (nSPS) is 20.4. The van der Waals surface area contributed by atoms with Crippen LogP contribution in [0.15, 0.2) is 23.1 Å². The molecule has 1 aromatic carbocycles. The maximum Gasteiger partial charge on any atom is 0.263 e. The molecule has 1 aromatic heterocycles. The van der Waals surface area contributed by atoms with Crippen LogP contribution >= 0.6 is 0 Å². The van der Waals surface area contributed by atoms with Gasteiger partial charge in [0.25, 0.3) is 5.91 Å². The van der Waals surface area contributed by atoms with Crippen LogP contribution in [0.1, 0.15) is 27.7 Å². The summed E-state index contributed by atoms with van der Waals surface area (Å²) >= 11 is 0. The van der Waals surface area contributed by atoms with E-state index in [2.05, 4.69) is 10.3 Å². The maximum absolute atomic E-state index is 12.8. The summed E-state index contributed by atoms with van der Waals surface area (Å²) in [6, 6.07) is 4.54. The number of benzene rings is 1. The van der Waals surface area contributed by atoms with Crippen LogP contribution in [-0.4, -0.2) is 83.7 Å². The molecule has 1 saturated heterocycles. The van der Waals surface area contributed by atoms with E-state index in [1.54, 1.807) is 24.8 Å². The van der Waals surface area contributed by atoms with Gasteiger partial charge in [-0.05, 0) is 37.3 Å². The molecule has 3 rings (SSSR count). The number of aromatic nitrogens is 3. The van der Waals surface area contributed by atoms with Crippen molar-refractivity contribution in [3.63, 3.8) is 0 Å². The Balaban J connectivity index is 1.78. The van der Waals surface area contributed by atoms with Crippen molar-refractivity contribution in [1.29, 1.82) is 0 Å². The number of amides is 1. The minimum atomic E-state index is -3.63. The second-order valence-corrected chi connectivity index (χ2v) is 8.97. The quantitative estimate of drug-likeness (QED) is 0.637. The highest BCUT2D eigenvalue weighted by Gasteiger charge is 2.27. The van der Waals surface area contributed by atoms with E-state index in [0.29, 0.717) is 37.2 Å². The highest BCUT2D eigenvalue weighted by Crippen LogP contribution is 2.20. The second kappa shape index (κ2) is 8.64. The largest absolute Gasteiger partial charge is 0.385 e. The van der Waals surface area contributed by atoms with Gasteiger partial charge in [-0.25, -0.2) is 8.42 Å². The van der Waals surface area contributed by atoms with E-state index in [9.17, 15) is 13.2 Å². The van der Waals surface area contributed by atoms with Crippen molar-refractivity contribution in [2.45, 2.75) is 44.8 Å². The molecular formula is C18H27N5O5S. The summed E-state index contributed by atoms with van der Waals surface area (Å²) in [5.74, 6) is -0.192. The summed E-state index contributed by atoms with van der Waals surface area (Å²) in [5.41, 5.74) is 0.860. The van der Waals surface area contributed by atoms with Crippen molar-refractivity contribution in [2.24, 2.45) is 0 Å². The Morgan fingerprint density at radius 2 is 1.90 bits per heavy atom. The second-order valence-electron chi connectivity index (χ2n) is 7.03. The number of rotatable bonds is 7. The van der Waals surface area contributed by atoms with E-state index in [4.69, 9.17) is 9.57 Å². The van der Waals surface area contributed by atoms with Crippen LogP contribution < -0.4 is 4.84 Å². The van der Waals surface area contributed by atoms with Gasteiger partial charge < -0.3 is 14.5 Å². The van der Waals surface area contributed by atoms with Crippen LogP contribution in [-0.2, 0) is 19.6 Å². The Morgan fingerprint density at radius 3 is 2.52 bits per heavy atom. The van der Waals surface area contributed by atoms with Gasteiger partial charge in [0.05, 0.1) is 17.1 Å².